The zero-order chi connectivity index (χ0) is 12.7. The standard InChI is InChI=1S/C13H19N3O/c1-3-13(4-2,10-17)9-16-11-6-5-7-15-12(11)8-14/h5-7,16-17H,3-4,9-10H2,1-2H3. The molecule has 92 valence electrons. The molecule has 0 aliphatic heterocycles. The average molecular weight is 233 g/mol. The van der Waals surface area contributed by atoms with E-state index in [2.05, 4.69) is 24.1 Å². The first-order chi connectivity index (χ1) is 8.21. The Morgan fingerprint density at radius 2 is 2.18 bits per heavy atom. The van der Waals surface area contributed by atoms with Crippen molar-refractivity contribution in [3.63, 3.8) is 0 Å². The molecule has 0 saturated heterocycles. The highest BCUT2D eigenvalue weighted by atomic mass is 16.3. The second-order valence-electron chi connectivity index (χ2n) is 4.23. The fourth-order valence-electron chi connectivity index (χ4n) is 1.70. The van der Waals surface area contributed by atoms with Crippen molar-refractivity contribution in [3.8, 4) is 6.07 Å². The summed E-state index contributed by atoms with van der Waals surface area (Å²) in [5, 5.41) is 21.6. The number of aliphatic hydroxyl groups excluding tert-OH is 1. The third-order valence-corrected chi connectivity index (χ3v) is 3.40. The summed E-state index contributed by atoms with van der Waals surface area (Å²) in [5.74, 6) is 0. The van der Waals surface area contributed by atoms with E-state index in [0.717, 1.165) is 18.5 Å². The Kier molecular flexibility index (Phi) is 4.92. The van der Waals surface area contributed by atoms with Crippen LogP contribution >= 0.6 is 0 Å². The molecule has 1 aromatic heterocycles. The van der Waals surface area contributed by atoms with E-state index >= 15 is 0 Å². The van der Waals surface area contributed by atoms with Gasteiger partial charge in [-0.1, -0.05) is 13.8 Å². The summed E-state index contributed by atoms with van der Waals surface area (Å²) in [7, 11) is 0. The number of anilines is 1. The van der Waals surface area contributed by atoms with Crippen LogP contribution in [0.25, 0.3) is 0 Å². The topological polar surface area (TPSA) is 68.9 Å². The van der Waals surface area contributed by atoms with Gasteiger partial charge >= 0.3 is 0 Å². The fraction of sp³-hybridized carbons (Fsp3) is 0.538. The van der Waals surface area contributed by atoms with E-state index in [9.17, 15) is 5.11 Å². The summed E-state index contributed by atoms with van der Waals surface area (Å²) < 4.78 is 0. The lowest BCUT2D eigenvalue weighted by molar-refractivity contribution is 0.127. The monoisotopic (exact) mass is 233 g/mol. The average Bonchev–Trinajstić information content (AvgIpc) is 2.41. The minimum Gasteiger partial charge on any atom is -0.396 e. The van der Waals surface area contributed by atoms with E-state index in [0.29, 0.717) is 12.2 Å². The molecule has 1 heterocycles. The first-order valence-corrected chi connectivity index (χ1v) is 5.91. The van der Waals surface area contributed by atoms with Crippen LogP contribution in [0.4, 0.5) is 5.69 Å². The maximum Gasteiger partial charge on any atom is 0.163 e. The molecule has 0 bridgehead atoms. The minimum atomic E-state index is -0.122. The predicted octanol–water partition coefficient (Wildman–Crippen LogP) is 2.16. The second-order valence-corrected chi connectivity index (χ2v) is 4.23. The lowest BCUT2D eigenvalue weighted by atomic mass is 9.83. The van der Waals surface area contributed by atoms with Gasteiger partial charge in [-0.05, 0) is 25.0 Å². The van der Waals surface area contributed by atoms with Gasteiger partial charge < -0.3 is 10.4 Å². The number of pyridine rings is 1. The Hall–Kier alpha value is -1.60. The van der Waals surface area contributed by atoms with Crippen LogP contribution in [0, 0.1) is 16.7 Å². The minimum absolute atomic E-state index is 0.122. The predicted molar refractivity (Wildman–Crippen MR) is 67.5 cm³/mol. The third kappa shape index (κ3) is 3.18. The van der Waals surface area contributed by atoms with Crippen LogP contribution in [0.5, 0.6) is 0 Å². The molecule has 1 aromatic rings. The molecule has 0 spiro atoms. The molecule has 0 fully saturated rings. The maximum absolute atomic E-state index is 9.46. The van der Waals surface area contributed by atoms with Crippen LogP contribution < -0.4 is 5.32 Å². The zero-order valence-electron chi connectivity index (χ0n) is 10.4. The molecule has 0 radical (unpaired) electrons. The first-order valence-electron chi connectivity index (χ1n) is 5.91. The van der Waals surface area contributed by atoms with Crippen LogP contribution in [0.15, 0.2) is 18.3 Å². The Morgan fingerprint density at radius 1 is 1.47 bits per heavy atom. The fourth-order valence-corrected chi connectivity index (χ4v) is 1.70. The van der Waals surface area contributed by atoms with Crippen LogP contribution in [0.2, 0.25) is 0 Å². The highest BCUT2D eigenvalue weighted by molar-refractivity contribution is 5.53. The number of nitriles is 1. The molecule has 0 aromatic carbocycles. The summed E-state index contributed by atoms with van der Waals surface area (Å²) in [4.78, 5) is 3.99. The van der Waals surface area contributed by atoms with Gasteiger partial charge in [-0.25, -0.2) is 4.98 Å². The van der Waals surface area contributed by atoms with Crippen molar-refractivity contribution in [1.29, 1.82) is 5.26 Å². The van der Waals surface area contributed by atoms with Crippen molar-refractivity contribution in [1.82, 2.24) is 4.98 Å². The number of nitrogens with one attached hydrogen (secondary N) is 1. The highest BCUT2D eigenvalue weighted by Gasteiger charge is 2.25. The molecule has 4 nitrogen and oxygen atoms in total. The summed E-state index contributed by atoms with van der Waals surface area (Å²) in [5.41, 5.74) is 1.00. The number of nitrogens with zero attached hydrogens (tertiary/aromatic N) is 2. The van der Waals surface area contributed by atoms with Crippen molar-refractivity contribution in [2.24, 2.45) is 5.41 Å². The quantitative estimate of drug-likeness (QED) is 0.790. The van der Waals surface area contributed by atoms with Crippen molar-refractivity contribution < 1.29 is 5.11 Å². The number of aliphatic hydroxyl groups is 1. The van der Waals surface area contributed by atoms with E-state index < -0.39 is 0 Å². The van der Waals surface area contributed by atoms with E-state index in [-0.39, 0.29) is 12.0 Å². The molecule has 1 rings (SSSR count). The molecule has 2 N–H and O–H groups in total. The van der Waals surface area contributed by atoms with Gasteiger partial charge in [0.05, 0.1) is 12.3 Å². The van der Waals surface area contributed by atoms with Gasteiger partial charge in [-0.15, -0.1) is 0 Å². The van der Waals surface area contributed by atoms with Crippen molar-refractivity contribution in [2.75, 3.05) is 18.5 Å². The Morgan fingerprint density at radius 3 is 2.71 bits per heavy atom. The first kappa shape index (κ1) is 13.5. The van der Waals surface area contributed by atoms with Crippen molar-refractivity contribution in [2.45, 2.75) is 26.7 Å². The molecule has 0 aliphatic rings. The van der Waals surface area contributed by atoms with Gasteiger partial charge in [0.1, 0.15) is 6.07 Å². The lowest BCUT2D eigenvalue weighted by Crippen LogP contribution is -2.32. The SMILES string of the molecule is CCC(CC)(CO)CNc1cccnc1C#N. The molecule has 0 atom stereocenters. The zero-order valence-corrected chi connectivity index (χ0v) is 10.4. The molecular weight excluding hydrogens is 214 g/mol. The molecule has 0 aliphatic carbocycles. The van der Waals surface area contributed by atoms with Gasteiger partial charge in [0.15, 0.2) is 5.69 Å². The Bertz CT molecular complexity index is 386. The van der Waals surface area contributed by atoms with Gasteiger partial charge in [0.25, 0.3) is 0 Å². The van der Waals surface area contributed by atoms with Gasteiger partial charge in [0, 0.05) is 18.2 Å². The van der Waals surface area contributed by atoms with Crippen molar-refractivity contribution in [3.05, 3.63) is 24.0 Å². The molecule has 4 heteroatoms. The summed E-state index contributed by atoms with van der Waals surface area (Å²) in [6, 6.07) is 5.68. The normalized spacial score (nSPS) is 10.9. The van der Waals surface area contributed by atoms with E-state index in [1.807, 2.05) is 12.1 Å². The summed E-state index contributed by atoms with van der Waals surface area (Å²) >= 11 is 0. The largest absolute Gasteiger partial charge is 0.396 e. The summed E-state index contributed by atoms with van der Waals surface area (Å²) in [6.07, 6.45) is 3.40. The van der Waals surface area contributed by atoms with Crippen LogP contribution in [0.1, 0.15) is 32.4 Å². The van der Waals surface area contributed by atoms with Crippen molar-refractivity contribution >= 4 is 5.69 Å². The smallest absolute Gasteiger partial charge is 0.163 e. The molecular formula is C13H19N3O. The molecule has 0 saturated carbocycles. The number of hydrogen-bond donors (Lipinski definition) is 2. The third-order valence-electron chi connectivity index (χ3n) is 3.40. The number of rotatable bonds is 6. The number of aromatic nitrogens is 1. The van der Waals surface area contributed by atoms with Gasteiger partial charge in [-0.2, -0.15) is 5.26 Å². The van der Waals surface area contributed by atoms with Crippen LogP contribution in [-0.4, -0.2) is 23.2 Å². The van der Waals surface area contributed by atoms with Crippen LogP contribution in [0.3, 0.4) is 0 Å². The maximum atomic E-state index is 9.46. The Labute approximate surface area is 102 Å². The molecule has 0 unspecified atom stereocenters. The van der Waals surface area contributed by atoms with Crippen LogP contribution in [-0.2, 0) is 0 Å². The number of hydrogen-bond acceptors (Lipinski definition) is 4. The molecule has 17 heavy (non-hydrogen) atoms. The molecule has 0 amide bonds. The lowest BCUT2D eigenvalue weighted by Gasteiger charge is -2.30. The second kappa shape index (κ2) is 6.21. The van der Waals surface area contributed by atoms with E-state index in [1.54, 1.807) is 12.3 Å². The van der Waals surface area contributed by atoms with Gasteiger partial charge in [0.2, 0.25) is 0 Å². The van der Waals surface area contributed by atoms with E-state index in [1.165, 1.54) is 0 Å². The highest BCUT2D eigenvalue weighted by Crippen LogP contribution is 2.26. The van der Waals surface area contributed by atoms with E-state index in [4.69, 9.17) is 5.26 Å². The van der Waals surface area contributed by atoms with Gasteiger partial charge in [-0.3, -0.25) is 0 Å². The summed E-state index contributed by atoms with van der Waals surface area (Å²) in [6.45, 7) is 4.93. The Balaban J connectivity index is 2.76.